The molecule has 0 bridgehead atoms. The highest BCUT2D eigenvalue weighted by molar-refractivity contribution is 9.10. The summed E-state index contributed by atoms with van der Waals surface area (Å²) in [7, 11) is 0. The topological polar surface area (TPSA) is 55.8 Å². The Balaban J connectivity index is 1.88. The van der Waals surface area contributed by atoms with Crippen molar-refractivity contribution in [3.63, 3.8) is 0 Å². The van der Waals surface area contributed by atoms with Gasteiger partial charge in [0.15, 0.2) is 0 Å². The summed E-state index contributed by atoms with van der Waals surface area (Å²) in [6.45, 7) is 7.25. The van der Waals surface area contributed by atoms with Crippen LogP contribution in [0.25, 0.3) is 0 Å². The maximum absolute atomic E-state index is 13.6. The van der Waals surface area contributed by atoms with Gasteiger partial charge in [-0.05, 0) is 58.2 Å². The van der Waals surface area contributed by atoms with E-state index < -0.39 is 40.9 Å². The summed E-state index contributed by atoms with van der Waals surface area (Å²) < 4.78 is 52.3. The molecule has 2 aromatic carbocycles. The molecule has 1 saturated heterocycles. The normalized spacial score (nSPS) is 17.0. The summed E-state index contributed by atoms with van der Waals surface area (Å²) in [5.41, 5.74) is -2.06. The molecule has 190 valence electrons. The number of carbonyl (C=O) groups is 2. The fourth-order valence-electron chi connectivity index (χ4n) is 4.29. The largest absolute Gasteiger partial charge is 0.457 e. The quantitative estimate of drug-likeness (QED) is 0.379. The molecule has 0 aliphatic carbocycles. The van der Waals surface area contributed by atoms with Crippen molar-refractivity contribution >= 4 is 28.0 Å². The van der Waals surface area contributed by atoms with Crippen LogP contribution < -0.4 is 0 Å². The smallest absolute Gasteiger partial charge is 0.416 e. The number of nitrogens with zero attached hydrogens (tertiary/aromatic N) is 1. The predicted molar refractivity (Wildman–Crippen MR) is 129 cm³/mol. The number of amides is 1. The van der Waals surface area contributed by atoms with Gasteiger partial charge in [0.05, 0.1) is 11.0 Å². The minimum atomic E-state index is -4.60. The van der Waals surface area contributed by atoms with Crippen LogP contribution in [0.5, 0.6) is 0 Å². The van der Waals surface area contributed by atoms with Gasteiger partial charge in [-0.2, -0.15) is 13.2 Å². The van der Waals surface area contributed by atoms with Gasteiger partial charge in [-0.25, -0.2) is 4.79 Å². The van der Waals surface area contributed by atoms with Crippen molar-refractivity contribution in [3.8, 4) is 0 Å². The second-order valence-electron chi connectivity index (χ2n) is 9.66. The van der Waals surface area contributed by atoms with Crippen LogP contribution in [0.15, 0.2) is 53.0 Å². The average Bonchev–Trinajstić information content (AvgIpc) is 2.77. The summed E-state index contributed by atoms with van der Waals surface area (Å²) in [6.07, 6.45) is -5.72. The second kappa shape index (κ2) is 10.2. The molecule has 0 radical (unpaired) electrons. The summed E-state index contributed by atoms with van der Waals surface area (Å²) in [5, 5.41) is 0. The number of halogens is 4. The minimum absolute atomic E-state index is 0.136. The van der Waals surface area contributed by atoms with E-state index in [4.69, 9.17) is 9.47 Å². The Morgan fingerprint density at radius 1 is 1.00 bits per heavy atom. The van der Waals surface area contributed by atoms with Gasteiger partial charge in [0, 0.05) is 23.1 Å². The van der Waals surface area contributed by atoms with E-state index in [9.17, 15) is 22.8 Å². The van der Waals surface area contributed by atoms with Gasteiger partial charge in [-0.3, -0.25) is 4.79 Å². The van der Waals surface area contributed by atoms with E-state index in [0.717, 1.165) is 6.07 Å². The first-order valence-corrected chi connectivity index (χ1v) is 12.1. The molecular formula is C26H29BrF3NO4. The zero-order valence-corrected chi connectivity index (χ0v) is 21.7. The molecule has 3 rings (SSSR count). The number of carbonyl (C=O) groups excluding carboxylic acids is 2. The third kappa shape index (κ3) is 6.18. The maximum Gasteiger partial charge on any atom is 0.416 e. The van der Waals surface area contributed by atoms with Gasteiger partial charge in [0.2, 0.25) is 0 Å². The van der Waals surface area contributed by atoms with Crippen molar-refractivity contribution in [2.24, 2.45) is 0 Å². The summed E-state index contributed by atoms with van der Waals surface area (Å²) in [5.74, 6) is -0.621. The van der Waals surface area contributed by atoms with Gasteiger partial charge in [-0.1, -0.05) is 52.3 Å². The number of alkyl halides is 3. The molecule has 1 aliphatic heterocycles. The van der Waals surface area contributed by atoms with Gasteiger partial charge in [0.1, 0.15) is 11.7 Å². The lowest BCUT2D eigenvalue weighted by atomic mass is 9.72. The number of piperidine rings is 1. The van der Waals surface area contributed by atoms with Crippen molar-refractivity contribution < 1.29 is 32.2 Å². The standard InChI is InChI=1S/C26H29BrF3NO4/c1-17(21-19(26(28,29)30)11-8-12-20(21)27)34-22(32)25(18-9-6-5-7-10-18)13-15-31(16-14-25)23(33)35-24(2,3)4/h5-12,17H,13-16H2,1-4H3/t17-/m1/s1. The van der Waals surface area contributed by atoms with Crippen LogP contribution in [-0.4, -0.2) is 35.7 Å². The maximum atomic E-state index is 13.6. The Morgan fingerprint density at radius 3 is 2.14 bits per heavy atom. The molecular weight excluding hydrogens is 527 g/mol. The summed E-state index contributed by atoms with van der Waals surface area (Å²) in [6, 6.07) is 12.8. The predicted octanol–water partition coefficient (Wildman–Crippen LogP) is 7.04. The average molecular weight is 556 g/mol. The highest BCUT2D eigenvalue weighted by atomic mass is 79.9. The molecule has 0 N–H and O–H groups in total. The first kappa shape index (κ1) is 27.0. The number of rotatable bonds is 4. The van der Waals surface area contributed by atoms with Crippen molar-refractivity contribution in [1.82, 2.24) is 4.90 Å². The summed E-state index contributed by atoms with van der Waals surface area (Å²) >= 11 is 3.18. The van der Waals surface area contributed by atoms with Crippen molar-refractivity contribution in [3.05, 3.63) is 69.7 Å². The van der Waals surface area contributed by atoms with Crippen LogP contribution in [-0.2, 0) is 25.9 Å². The zero-order valence-electron chi connectivity index (χ0n) is 20.1. The molecule has 1 heterocycles. The molecule has 0 spiro atoms. The summed E-state index contributed by atoms with van der Waals surface area (Å²) in [4.78, 5) is 27.7. The molecule has 9 heteroatoms. The molecule has 2 aromatic rings. The second-order valence-corrected chi connectivity index (χ2v) is 10.5. The number of hydrogen-bond donors (Lipinski definition) is 0. The number of likely N-dealkylation sites (tertiary alicyclic amines) is 1. The van der Waals surface area contributed by atoms with Crippen LogP contribution in [0.3, 0.4) is 0 Å². The number of benzene rings is 2. The first-order valence-electron chi connectivity index (χ1n) is 11.3. The van der Waals surface area contributed by atoms with Crippen LogP contribution in [0.4, 0.5) is 18.0 Å². The monoisotopic (exact) mass is 555 g/mol. The highest BCUT2D eigenvalue weighted by Gasteiger charge is 2.47. The third-order valence-electron chi connectivity index (χ3n) is 6.03. The van der Waals surface area contributed by atoms with E-state index in [-0.39, 0.29) is 36.0 Å². The Hall–Kier alpha value is -2.55. The van der Waals surface area contributed by atoms with E-state index in [1.165, 1.54) is 19.1 Å². The van der Waals surface area contributed by atoms with Crippen LogP contribution >= 0.6 is 15.9 Å². The number of ether oxygens (including phenoxy) is 2. The van der Waals surface area contributed by atoms with Crippen molar-refractivity contribution in [1.29, 1.82) is 0 Å². The van der Waals surface area contributed by atoms with Crippen molar-refractivity contribution in [2.75, 3.05) is 13.1 Å². The Labute approximate surface area is 211 Å². The highest BCUT2D eigenvalue weighted by Crippen LogP contribution is 2.42. The van der Waals surface area contributed by atoms with Gasteiger partial charge in [0.25, 0.3) is 0 Å². The van der Waals surface area contributed by atoms with Gasteiger partial charge >= 0.3 is 18.2 Å². The lowest BCUT2D eigenvalue weighted by Gasteiger charge is -2.41. The molecule has 1 aliphatic rings. The molecule has 1 atom stereocenters. The molecule has 5 nitrogen and oxygen atoms in total. The molecule has 35 heavy (non-hydrogen) atoms. The Kier molecular flexibility index (Phi) is 7.89. The fraction of sp³-hybridized carbons (Fsp3) is 0.462. The van der Waals surface area contributed by atoms with E-state index in [0.29, 0.717) is 5.56 Å². The Bertz CT molecular complexity index is 1060. The first-order chi connectivity index (χ1) is 16.2. The van der Waals surface area contributed by atoms with Crippen LogP contribution in [0, 0.1) is 0 Å². The van der Waals surface area contributed by atoms with E-state index in [2.05, 4.69) is 15.9 Å². The van der Waals surface area contributed by atoms with E-state index in [1.54, 1.807) is 49.9 Å². The molecule has 0 unspecified atom stereocenters. The van der Waals surface area contributed by atoms with Crippen LogP contribution in [0.1, 0.15) is 63.3 Å². The number of hydrogen-bond acceptors (Lipinski definition) is 4. The van der Waals surface area contributed by atoms with Gasteiger partial charge < -0.3 is 14.4 Å². The lowest BCUT2D eigenvalue weighted by Crippen LogP contribution is -2.50. The molecule has 0 aromatic heterocycles. The minimum Gasteiger partial charge on any atom is -0.457 e. The Morgan fingerprint density at radius 2 is 1.60 bits per heavy atom. The number of esters is 1. The zero-order chi connectivity index (χ0) is 26.0. The van der Waals surface area contributed by atoms with E-state index >= 15 is 0 Å². The van der Waals surface area contributed by atoms with Crippen LogP contribution in [0.2, 0.25) is 0 Å². The van der Waals surface area contributed by atoms with Gasteiger partial charge in [-0.15, -0.1) is 0 Å². The third-order valence-corrected chi connectivity index (χ3v) is 6.73. The molecule has 1 fully saturated rings. The lowest BCUT2D eigenvalue weighted by molar-refractivity contribution is -0.160. The molecule has 0 saturated carbocycles. The SMILES string of the molecule is C[C@@H](OC(=O)C1(c2ccccc2)CCN(C(=O)OC(C)(C)C)CC1)c1c(Br)cccc1C(F)(F)F. The van der Waals surface area contributed by atoms with E-state index in [1.807, 2.05) is 6.07 Å². The van der Waals surface area contributed by atoms with Crippen molar-refractivity contribution in [2.45, 2.75) is 63.8 Å². The fourth-order valence-corrected chi connectivity index (χ4v) is 4.98. The molecule has 1 amide bonds.